The van der Waals surface area contributed by atoms with Gasteiger partial charge in [-0.3, -0.25) is 5.32 Å². The first-order chi connectivity index (χ1) is 20.0. The van der Waals surface area contributed by atoms with Crippen LogP contribution in [0.1, 0.15) is 49.8 Å². The summed E-state index contributed by atoms with van der Waals surface area (Å²) in [5.41, 5.74) is 1.36. The summed E-state index contributed by atoms with van der Waals surface area (Å²) in [6.07, 6.45) is -0.169. The van der Waals surface area contributed by atoms with Crippen LogP contribution in [0.2, 0.25) is 10.0 Å². The Morgan fingerprint density at radius 1 is 1.00 bits per heavy atom. The van der Waals surface area contributed by atoms with Crippen molar-refractivity contribution in [2.24, 2.45) is 5.41 Å². The summed E-state index contributed by atoms with van der Waals surface area (Å²) < 4.78 is 16.7. The molecule has 3 aromatic carbocycles. The molecule has 0 aliphatic carbocycles. The molecule has 1 fully saturated rings. The molecule has 7 nitrogen and oxygen atoms in total. The lowest BCUT2D eigenvalue weighted by molar-refractivity contribution is 0.0747. The number of carbonyl (C=O) groups is 1. The molecule has 1 aliphatic heterocycles. The molecule has 1 saturated heterocycles. The first-order valence-corrected chi connectivity index (χ1v) is 14.6. The Bertz CT molecular complexity index is 1430. The van der Waals surface area contributed by atoms with Crippen molar-refractivity contribution >= 4 is 29.3 Å². The quantitative estimate of drug-likeness (QED) is 0.265. The van der Waals surface area contributed by atoms with Crippen molar-refractivity contribution in [2.45, 2.75) is 57.2 Å². The number of rotatable bonds is 9. The van der Waals surface area contributed by atoms with Crippen molar-refractivity contribution in [3.8, 4) is 17.6 Å². The van der Waals surface area contributed by atoms with Gasteiger partial charge in [-0.1, -0.05) is 74.3 Å². The summed E-state index contributed by atoms with van der Waals surface area (Å²) in [4.78, 5) is 13.2. The highest BCUT2D eigenvalue weighted by atomic mass is 35.5. The molecule has 4 rings (SSSR count). The van der Waals surface area contributed by atoms with E-state index in [0.29, 0.717) is 40.9 Å². The fraction of sp³-hybridized carbons (Fsp3) is 0.394. The van der Waals surface area contributed by atoms with Gasteiger partial charge in [0.25, 0.3) is 0 Å². The Labute approximate surface area is 258 Å². The van der Waals surface area contributed by atoms with Crippen LogP contribution in [0.15, 0.2) is 66.7 Å². The summed E-state index contributed by atoms with van der Waals surface area (Å²) in [5.74, 6) is 0.711. The first kappa shape index (κ1) is 31.5. The van der Waals surface area contributed by atoms with Gasteiger partial charge in [-0.2, -0.15) is 5.26 Å². The Kier molecular flexibility index (Phi) is 9.93. The number of nitrogens with one attached hydrogen (secondary N) is 2. The normalized spacial score (nSPS) is 21.8. The van der Waals surface area contributed by atoms with E-state index in [1.165, 1.54) is 0 Å². The molecule has 3 aromatic rings. The van der Waals surface area contributed by atoms with E-state index in [0.717, 1.165) is 16.7 Å². The zero-order valence-corrected chi connectivity index (χ0v) is 26.1. The van der Waals surface area contributed by atoms with Crippen LogP contribution in [-0.4, -0.2) is 39.1 Å². The van der Waals surface area contributed by atoms with E-state index in [-0.39, 0.29) is 11.5 Å². The number of amides is 1. The third kappa shape index (κ3) is 6.95. The highest BCUT2D eigenvalue weighted by molar-refractivity contribution is 6.30. The predicted molar refractivity (Wildman–Crippen MR) is 165 cm³/mol. The average molecular weight is 611 g/mol. The largest absolute Gasteiger partial charge is 0.493 e. The summed E-state index contributed by atoms with van der Waals surface area (Å²) in [6, 6.07) is 22.7. The SMILES string of the molecule is COc1ccc(CCNC(=O)O[C@H]2N[C@@H](CC(C)(C)C)[C@](C#N)(c3ccc(Cl)cc3)[C@H]2c2cccc(Cl)c2)cc1OC. The Hall–Kier alpha value is -3.44. The third-order valence-corrected chi connectivity index (χ3v) is 8.09. The number of hydrogen-bond acceptors (Lipinski definition) is 6. The molecule has 0 unspecified atom stereocenters. The minimum absolute atomic E-state index is 0.123. The summed E-state index contributed by atoms with van der Waals surface area (Å²) in [7, 11) is 3.17. The number of ether oxygens (including phenoxy) is 3. The molecule has 1 aliphatic rings. The number of nitrogens with zero attached hydrogens (tertiary/aromatic N) is 1. The number of benzene rings is 3. The van der Waals surface area contributed by atoms with Crippen molar-refractivity contribution in [3.63, 3.8) is 0 Å². The van der Waals surface area contributed by atoms with Crippen molar-refractivity contribution in [2.75, 3.05) is 20.8 Å². The highest BCUT2D eigenvalue weighted by Gasteiger charge is 2.59. The fourth-order valence-corrected chi connectivity index (χ4v) is 6.10. The van der Waals surface area contributed by atoms with Gasteiger partial charge in [-0.25, -0.2) is 4.79 Å². The second-order valence-electron chi connectivity index (χ2n) is 11.7. The van der Waals surface area contributed by atoms with Gasteiger partial charge in [0.1, 0.15) is 5.41 Å². The maximum Gasteiger partial charge on any atom is 0.408 e. The van der Waals surface area contributed by atoms with Crippen LogP contribution < -0.4 is 20.1 Å². The average Bonchev–Trinajstić information content (AvgIpc) is 3.24. The summed E-state index contributed by atoms with van der Waals surface area (Å²) >= 11 is 12.7. The third-order valence-electron chi connectivity index (χ3n) is 7.60. The molecule has 0 bridgehead atoms. The fourth-order valence-electron chi connectivity index (χ4n) is 5.77. The van der Waals surface area contributed by atoms with E-state index < -0.39 is 23.7 Å². The minimum Gasteiger partial charge on any atom is -0.493 e. The van der Waals surface area contributed by atoms with Gasteiger partial charge in [-0.05, 0) is 71.3 Å². The Balaban J connectivity index is 1.63. The molecule has 1 amide bonds. The lowest BCUT2D eigenvalue weighted by Crippen LogP contribution is -2.44. The van der Waals surface area contributed by atoms with Gasteiger partial charge < -0.3 is 19.5 Å². The predicted octanol–water partition coefficient (Wildman–Crippen LogP) is 7.26. The van der Waals surface area contributed by atoms with Crippen molar-refractivity contribution in [3.05, 3.63) is 93.5 Å². The van der Waals surface area contributed by atoms with Crippen LogP contribution in [-0.2, 0) is 16.6 Å². The number of hydrogen-bond donors (Lipinski definition) is 2. The maximum atomic E-state index is 13.2. The first-order valence-electron chi connectivity index (χ1n) is 13.8. The van der Waals surface area contributed by atoms with E-state index in [2.05, 4.69) is 37.5 Å². The number of methoxy groups -OCH3 is 2. The zero-order chi connectivity index (χ0) is 30.5. The second kappa shape index (κ2) is 13.2. The van der Waals surface area contributed by atoms with E-state index in [4.69, 9.17) is 37.4 Å². The standard InChI is InChI=1S/C33H37Cl2N3O4/c1-32(2,3)19-28-33(20-36,23-10-12-24(34)13-11-23)29(22-7-6-8-25(35)18-22)30(38-28)42-31(39)37-16-15-21-9-14-26(40-4)27(17-21)41-5/h6-14,17-18,28-30,38H,15-16,19H2,1-5H3,(H,37,39)/t28-,29-,30+,33-/m0/s1. The molecule has 0 saturated carbocycles. The lowest BCUT2D eigenvalue weighted by Gasteiger charge is -2.37. The number of carbonyl (C=O) groups excluding carboxylic acids is 1. The number of nitriles is 1. The van der Waals surface area contributed by atoms with Gasteiger partial charge in [0.2, 0.25) is 0 Å². The maximum absolute atomic E-state index is 13.2. The van der Waals surface area contributed by atoms with Crippen LogP contribution in [0.3, 0.4) is 0 Å². The Morgan fingerprint density at radius 2 is 1.71 bits per heavy atom. The molecule has 2 N–H and O–H groups in total. The van der Waals surface area contributed by atoms with Gasteiger partial charge in [-0.15, -0.1) is 0 Å². The zero-order valence-electron chi connectivity index (χ0n) is 24.5. The van der Waals surface area contributed by atoms with Crippen LogP contribution in [0.5, 0.6) is 11.5 Å². The molecule has 4 atom stereocenters. The van der Waals surface area contributed by atoms with Crippen LogP contribution in [0.25, 0.3) is 0 Å². The minimum atomic E-state index is -1.08. The van der Waals surface area contributed by atoms with E-state index >= 15 is 0 Å². The molecule has 0 radical (unpaired) electrons. The van der Waals surface area contributed by atoms with Crippen LogP contribution in [0.4, 0.5) is 4.79 Å². The van der Waals surface area contributed by atoms with Crippen LogP contribution in [0, 0.1) is 16.7 Å². The monoisotopic (exact) mass is 609 g/mol. The van der Waals surface area contributed by atoms with Gasteiger partial charge >= 0.3 is 6.09 Å². The number of alkyl carbamates (subject to hydrolysis) is 1. The molecule has 9 heteroatoms. The molecule has 0 aromatic heterocycles. The molecular formula is C33H37Cl2N3O4. The molecule has 222 valence electrons. The molecule has 0 spiro atoms. The van der Waals surface area contributed by atoms with E-state index in [1.807, 2.05) is 48.5 Å². The smallest absolute Gasteiger partial charge is 0.408 e. The van der Waals surface area contributed by atoms with E-state index in [9.17, 15) is 10.1 Å². The molecular weight excluding hydrogens is 573 g/mol. The van der Waals surface area contributed by atoms with Gasteiger partial charge in [0.15, 0.2) is 17.7 Å². The van der Waals surface area contributed by atoms with Crippen molar-refractivity contribution in [1.29, 1.82) is 5.26 Å². The Morgan fingerprint density at radius 3 is 2.33 bits per heavy atom. The molecule has 1 heterocycles. The van der Waals surface area contributed by atoms with Gasteiger partial charge in [0.05, 0.1) is 26.2 Å². The van der Waals surface area contributed by atoms with E-state index in [1.54, 1.807) is 32.4 Å². The highest BCUT2D eigenvalue weighted by Crippen LogP contribution is 2.51. The summed E-state index contributed by atoms with van der Waals surface area (Å²) in [6.45, 7) is 6.72. The second-order valence-corrected chi connectivity index (χ2v) is 12.6. The number of halogens is 2. The topological polar surface area (TPSA) is 92.6 Å². The summed E-state index contributed by atoms with van der Waals surface area (Å²) in [5, 5.41) is 18.5. The van der Waals surface area contributed by atoms with Crippen molar-refractivity contribution < 1.29 is 19.0 Å². The van der Waals surface area contributed by atoms with Crippen LogP contribution >= 0.6 is 23.2 Å². The lowest BCUT2D eigenvalue weighted by atomic mass is 9.64. The van der Waals surface area contributed by atoms with Crippen molar-refractivity contribution in [1.82, 2.24) is 10.6 Å². The van der Waals surface area contributed by atoms with Gasteiger partial charge in [0, 0.05) is 22.6 Å². The molecule has 42 heavy (non-hydrogen) atoms.